The van der Waals surface area contributed by atoms with E-state index < -0.39 is 0 Å². The lowest BCUT2D eigenvalue weighted by Gasteiger charge is -2.19. The fraction of sp³-hybridized carbons (Fsp3) is 0.429. The first-order valence-electron chi connectivity index (χ1n) is 9.55. The van der Waals surface area contributed by atoms with Crippen molar-refractivity contribution in [1.82, 2.24) is 14.8 Å². The van der Waals surface area contributed by atoms with E-state index in [0.29, 0.717) is 0 Å². The second-order valence-electron chi connectivity index (χ2n) is 7.27. The number of aromatic nitrogens is 3. The van der Waals surface area contributed by atoms with Crippen molar-refractivity contribution in [3.8, 4) is 11.4 Å². The van der Waals surface area contributed by atoms with Crippen LogP contribution in [0.1, 0.15) is 42.7 Å². The Morgan fingerprint density at radius 2 is 2.07 bits per heavy atom. The third kappa shape index (κ3) is 3.97. The molecule has 1 atom stereocenters. The Balaban J connectivity index is 1.60. The molecule has 0 saturated carbocycles. The number of hydrogen-bond donors (Lipinski definition) is 0. The van der Waals surface area contributed by atoms with Crippen LogP contribution in [-0.4, -0.2) is 14.8 Å². The minimum atomic E-state index is -0.197. The van der Waals surface area contributed by atoms with Crippen LogP contribution in [0.3, 0.4) is 0 Å². The summed E-state index contributed by atoms with van der Waals surface area (Å²) in [6, 6.07) is 6.69. The Morgan fingerprint density at radius 3 is 2.85 bits per heavy atom. The molecule has 0 amide bonds. The van der Waals surface area contributed by atoms with Crippen molar-refractivity contribution in [2.75, 3.05) is 0 Å². The molecule has 0 saturated heterocycles. The van der Waals surface area contributed by atoms with Crippen LogP contribution in [0, 0.1) is 11.7 Å². The van der Waals surface area contributed by atoms with Crippen molar-refractivity contribution in [1.29, 1.82) is 0 Å². The second kappa shape index (κ2) is 8.15. The van der Waals surface area contributed by atoms with Gasteiger partial charge in [0.15, 0.2) is 11.0 Å². The normalized spacial score (nSPS) is 16.5. The predicted molar refractivity (Wildman–Crippen MR) is 111 cm³/mol. The Labute approximate surface area is 168 Å². The van der Waals surface area contributed by atoms with Gasteiger partial charge in [-0.3, -0.25) is 0 Å². The molecule has 0 fully saturated rings. The van der Waals surface area contributed by atoms with Crippen molar-refractivity contribution in [2.45, 2.75) is 57.0 Å². The van der Waals surface area contributed by atoms with Crippen LogP contribution in [0.5, 0.6) is 0 Å². The molecule has 2 aromatic heterocycles. The van der Waals surface area contributed by atoms with Crippen LogP contribution in [0.15, 0.2) is 34.8 Å². The third-order valence-corrected chi connectivity index (χ3v) is 7.18. The number of halogens is 1. The van der Waals surface area contributed by atoms with E-state index in [1.165, 1.54) is 41.0 Å². The molecule has 1 aromatic carbocycles. The Hall–Kier alpha value is -1.66. The van der Waals surface area contributed by atoms with Crippen LogP contribution in [-0.2, 0) is 25.1 Å². The Morgan fingerprint density at radius 1 is 1.26 bits per heavy atom. The number of fused-ring (bicyclic) bond motifs is 1. The monoisotopic (exact) mass is 401 g/mol. The third-order valence-electron chi connectivity index (χ3n) is 5.09. The van der Waals surface area contributed by atoms with E-state index in [9.17, 15) is 4.39 Å². The van der Waals surface area contributed by atoms with Gasteiger partial charge < -0.3 is 4.57 Å². The van der Waals surface area contributed by atoms with Crippen molar-refractivity contribution >= 4 is 23.1 Å². The zero-order valence-electron chi connectivity index (χ0n) is 15.7. The molecule has 3 nitrogen and oxygen atoms in total. The molecule has 1 unspecified atom stereocenters. The summed E-state index contributed by atoms with van der Waals surface area (Å²) in [5.41, 5.74) is 3.85. The molecular formula is C21H24FN3S2. The summed E-state index contributed by atoms with van der Waals surface area (Å²) in [5.74, 6) is 2.35. The molecule has 0 bridgehead atoms. The molecule has 27 heavy (non-hydrogen) atoms. The summed E-state index contributed by atoms with van der Waals surface area (Å²) in [6.45, 7) is 5.43. The fourth-order valence-electron chi connectivity index (χ4n) is 3.61. The van der Waals surface area contributed by atoms with E-state index in [4.69, 9.17) is 0 Å². The van der Waals surface area contributed by atoms with Gasteiger partial charge in [-0.15, -0.1) is 21.5 Å². The Bertz CT molecular complexity index is 914. The second-order valence-corrected chi connectivity index (χ2v) is 9.18. The van der Waals surface area contributed by atoms with E-state index in [1.807, 2.05) is 23.5 Å². The largest absolute Gasteiger partial charge is 0.302 e. The van der Waals surface area contributed by atoms with Gasteiger partial charge in [-0.2, -0.15) is 0 Å². The Kier molecular flexibility index (Phi) is 5.64. The molecule has 0 aliphatic heterocycles. The van der Waals surface area contributed by atoms with E-state index in [1.54, 1.807) is 11.8 Å². The number of hydrogen-bond acceptors (Lipinski definition) is 4. The molecule has 1 aliphatic carbocycles. The van der Waals surface area contributed by atoms with Gasteiger partial charge in [0, 0.05) is 28.1 Å². The molecule has 4 rings (SSSR count). The molecular weight excluding hydrogens is 377 g/mol. The van der Waals surface area contributed by atoms with Crippen LogP contribution < -0.4 is 0 Å². The zero-order valence-corrected chi connectivity index (χ0v) is 17.4. The number of nitrogens with zero attached hydrogens (tertiary/aromatic N) is 3. The summed E-state index contributed by atoms with van der Waals surface area (Å²) < 4.78 is 15.4. The van der Waals surface area contributed by atoms with Gasteiger partial charge in [-0.05, 0) is 54.9 Å². The van der Waals surface area contributed by atoms with Crippen molar-refractivity contribution in [2.24, 2.45) is 5.92 Å². The maximum atomic E-state index is 13.1. The molecule has 0 spiro atoms. The van der Waals surface area contributed by atoms with Crippen LogP contribution in [0.25, 0.3) is 11.4 Å². The number of benzene rings is 1. The summed E-state index contributed by atoms with van der Waals surface area (Å²) in [5, 5.41) is 12.3. The van der Waals surface area contributed by atoms with E-state index in [2.05, 4.69) is 34.0 Å². The number of thiophene rings is 1. The van der Waals surface area contributed by atoms with E-state index in [-0.39, 0.29) is 5.82 Å². The van der Waals surface area contributed by atoms with Gasteiger partial charge in [-0.25, -0.2) is 4.39 Å². The first kappa shape index (κ1) is 18.7. The highest BCUT2D eigenvalue weighted by atomic mass is 32.2. The highest BCUT2D eigenvalue weighted by molar-refractivity contribution is 7.98. The van der Waals surface area contributed by atoms with Gasteiger partial charge in [0.1, 0.15) is 5.82 Å². The fourth-order valence-corrected chi connectivity index (χ4v) is 5.78. The summed E-state index contributed by atoms with van der Waals surface area (Å²) in [6.07, 6.45) is 4.63. The summed E-state index contributed by atoms with van der Waals surface area (Å²) in [4.78, 5) is 1.52. The molecule has 2 heterocycles. The summed E-state index contributed by atoms with van der Waals surface area (Å²) in [7, 11) is 0. The molecule has 3 aromatic rings. The first-order valence-corrected chi connectivity index (χ1v) is 11.4. The van der Waals surface area contributed by atoms with Crippen LogP contribution in [0.4, 0.5) is 4.39 Å². The number of rotatable bonds is 6. The average molecular weight is 402 g/mol. The van der Waals surface area contributed by atoms with Crippen LogP contribution in [0.2, 0.25) is 0 Å². The standard InChI is InChI=1S/C21H24FN3S2/c1-3-10-25-20(18-13-26-19-11-14(2)4-9-17(18)19)23-24-21(25)27-12-15-5-7-16(22)8-6-15/h5-8,13-14H,3-4,9-12H2,1-2H3. The van der Waals surface area contributed by atoms with Gasteiger partial charge in [0.05, 0.1) is 0 Å². The minimum absolute atomic E-state index is 0.197. The minimum Gasteiger partial charge on any atom is -0.302 e. The molecule has 0 N–H and O–H groups in total. The SMILES string of the molecule is CCCn1c(SCc2ccc(F)cc2)nnc1-c1csc2c1CCC(C)C2. The van der Waals surface area contributed by atoms with Gasteiger partial charge in [0.2, 0.25) is 0 Å². The van der Waals surface area contributed by atoms with E-state index >= 15 is 0 Å². The topological polar surface area (TPSA) is 30.7 Å². The van der Waals surface area contributed by atoms with Gasteiger partial charge >= 0.3 is 0 Å². The van der Waals surface area contributed by atoms with Gasteiger partial charge in [-0.1, -0.05) is 37.7 Å². The summed E-state index contributed by atoms with van der Waals surface area (Å²) >= 11 is 3.55. The first-order chi connectivity index (χ1) is 13.2. The molecule has 0 radical (unpaired) electrons. The van der Waals surface area contributed by atoms with Crippen molar-refractivity contribution < 1.29 is 4.39 Å². The van der Waals surface area contributed by atoms with Gasteiger partial charge in [0.25, 0.3) is 0 Å². The highest BCUT2D eigenvalue weighted by Crippen LogP contribution is 2.38. The quantitative estimate of drug-likeness (QED) is 0.477. The van der Waals surface area contributed by atoms with Crippen LogP contribution >= 0.6 is 23.1 Å². The lowest BCUT2D eigenvalue weighted by atomic mass is 9.88. The predicted octanol–water partition coefficient (Wildman–Crippen LogP) is 5.97. The van der Waals surface area contributed by atoms with Crippen molar-refractivity contribution in [3.05, 3.63) is 51.5 Å². The molecule has 142 valence electrons. The lowest BCUT2D eigenvalue weighted by molar-refractivity contribution is 0.508. The maximum Gasteiger partial charge on any atom is 0.191 e. The molecule has 6 heteroatoms. The smallest absolute Gasteiger partial charge is 0.191 e. The molecule has 1 aliphatic rings. The van der Waals surface area contributed by atoms with E-state index in [0.717, 1.165) is 47.6 Å². The number of thioether (sulfide) groups is 1. The average Bonchev–Trinajstić information content (AvgIpc) is 3.25. The van der Waals surface area contributed by atoms with Crippen molar-refractivity contribution in [3.63, 3.8) is 0 Å². The highest BCUT2D eigenvalue weighted by Gasteiger charge is 2.24. The maximum absolute atomic E-state index is 13.1. The zero-order chi connectivity index (χ0) is 18.8. The lowest BCUT2D eigenvalue weighted by Crippen LogP contribution is -2.10.